The van der Waals surface area contributed by atoms with Gasteiger partial charge in [-0.15, -0.1) is 0 Å². The highest BCUT2D eigenvalue weighted by Crippen LogP contribution is 2.49. The Kier molecular flexibility index (Phi) is 9.00. The number of aromatic hydroxyl groups is 2. The van der Waals surface area contributed by atoms with Crippen LogP contribution in [0, 0.1) is 0 Å². The van der Waals surface area contributed by atoms with E-state index in [-0.39, 0.29) is 49.1 Å². The molecular weight excluding hydrogens is 335 g/mol. The minimum atomic E-state index is -3.47. The van der Waals surface area contributed by atoms with Gasteiger partial charge in [-0.1, -0.05) is 12.5 Å². The Morgan fingerprint density at radius 1 is 1.04 bits per heavy atom. The largest absolute Gasteiger partial charge is 0.504 e. The summed E-state index contributed by atoms with van der Waals surface area (Å²) in [6.07, 6.45) is 2.11. The quantitative estimate of drug-likeness (QED) is 0.251. The zero-order valence-electron chi connectivity index (χ0n) is 14.1. The highest BCUT2D eigenvalue weighted by Gasteiger charge is 2.24. The van der Waals surface area contributed by atoms with E-state index in [9.17, 15) is 19.6 Å². The van der Waals surface area contributed by atoms with Gasteiger partial charge in [0.05, 0.1) is 25.4 Å². The van der Waals surface area contributed by atoms with Crippen molar-refractivity contribution in [3.8, 4) is 11.5 Å². The van der Waals surface area contributed by atoms with Gasteiger partial charge in [-0.3, -0.25) is 18.4 Å². The first-order chi connectivity index (χ1) is 11.4. The van der Waals surface area contributed by atoms with Crippen molar-refractivity contribution in [2.75, 3.05) is 19.8 Å². The van der Waals surface area contributed by atoms with Crippen molar-refractivity contribution in [3.05, 3.63) is 23.8 Å². The predicted molar refractivity (Wildman–Crippen MR) is 89.4 cm³/mol. The number of phosphoric acid groups is 1. The van der Waals surface area contributed by atoms with Crippen molar-refractivity contribution in [3.63, 3.8) is 0 Å². The number of para-hydroxylation sites is 1. The summed E-state index contributed by atoms with van der Waals surface area (Å²) in [7, 11) is -3.47. The van der Waals surface area contributed by atoms with E-state index in [1.165, 1.54) is 18.2 Å². The van der Waals surface area contributed by atoms with Crippen LogP contribution in [0.25, 0.3) is 0 Å². The molecule has 0 unspecified atom stereocenters. The standard InChI is InChI=1S/C16H25O7P/c1-3-21-24(20,22-4-2)23-12-7-5-6-10-14(17)13-9-8-11-15(18)16(13)19/h8-9,11,18-19H,3-7,10,12H2,1-2H3. The number of carbonyl (C=O) groups is 1. The maximum Gasteiger partial charge on any atom is 0.474 e. The lowest BCUT2D eigenvalue weighted by Crippen LogP contribution is -2.02. The Hall–Kier alpha value is -1.40. The van der Waals surface area contributed by atoms with E-state index < -0.39 is 7.82 Å². The van der Waals surface area contributed by atoms with Gasteiger partial charge in [0.25, 0.3) is 0 Å². The van der Waals surface area contributed by atoms with Crippen LogP contribution >= 0.6 is 7.82 Å². The van der Waals surface area contributed by atoms with Gasteiger partial charge in [0.15, 0.2) is 17.3 Å². The Morgan fingerprint density at radius 3 is 2.33 bits per heavy atom. The topological polar surface area (TPSA) is 102 Å². The summed E-state index contributed by atoms with van der Waals surface area (Å²) in [5.41, 5.74) is 0.114. The minimum Gasteiger partial charge on any atom is -0.504 e. The molecule has 24 heavy (non-hydrogen) atoms. The average molecular weight is 360 g/mol. The van der Waals surface area contributed by atoms with Crippen LogP contribution in [-0.2, 0) is 18.1 Å². The van der Waals surface area contributed by atoms with Crippen LogP contribution in [0.5, 0.6) is 11.5 Å². The number of benzene rings is 1. The van der Waals surface area contributed by atoms with Gasteiger partial charge in [0, 0.05) is 6.42 Å². The maximum absolute atomic E-state index is 12.0. The molecule has 0 amide bonds. The fourth-order valence-corrected chi connectivity index (χ4v) is 3.27. The van der Waals surface area contributed by atoms with Gasteiger partial charge >= 0.3 is 7.82 Å². The Bertz CT molecular complexity index is 564. The number of Topliss-reactive ketones (excluding diaryl/α,β-unsaturated/α-hetero) is 1. The second-order valence-corrected chi connectivity index (χ2v) is 6.69. The Morgan fingerprint density at radius 2 is 1.71 bits per heavy atom. The third-order valence-electron chi connectivity index (χ3n) is 3.19. The zero-order valence-corrected chi connectivity index (χ0v) is 15.0. The number of ketones is 1. The van der Waals surface area contributed by atoms with Gasteiger partial charge in [0.1, 0.15) is 0 Å². The average Bonchev–Trinajstić information content (AvgIpc) is 2.53. The molecule has 7 nitrogen and oxygen atoms in total. The van der Waals surface area contributed by atoms with Crippen molar-refractivity contribution in [2.24, 2.45) is 0 Å². The van der Waals surface area contributed by atoms with E-state index in [0.717, 1.165) is 0 Å². The van der Waals surface area contributed by atoms with E-state index in [4.69, 9.17) is 13.6 Å². The van der Waals surface area contributed by atoms with Gasteiger partial charge < -0.3 is 10.2 Å². The molecule has 2 N–H and O–H groups in total. The molecule has 0 saturated heterocycles. The summed E-state index contributed by atoms with van der Waals surface area (Å²) in [6, 6.07) is 4.30. The number of unbranched alkanes of at least 4 members (excludes halogenated alkanes) is 2. The fourth-order valence-electron chi connectivity index (χ4n) is 2.06. The van der Waals surface area contributed by atoms with Crippen LogP contribution in [0.1, 0.15) is 49.9 Å². The van der Waals surface area contributed by atoms with Gasteiger partial charge in [-0.25, -0.2) is 4.57 Å². The SMILES string of the molecule is CCOP(=O)(OCC)OCCCCCC(=O)c1cccc(O)c1O. The summed E-state index contributed by atoms with van der Waals surface area (Å²) >= 11 is 0. The zero-order chi connectivity index (χ0) is 18.0. The lowest BCUT2D eigenvalue weighted by molar-refractivity contribution is 0.0971. The Balaban J connectivity index is 2.30. The van der Waals surface area contributed by atoms with E-state index in [1.54, 1.807) is 13.8 Å². The molecular formula is C16H25O7P. The van der Waals surface area contributed by atoms with E-state index in [1.807, 2.05) is 0 Å². The number of hydrogen-bond donors (Lipinski definition) is 2. The van der Waals surface area contributed by atoms with Crippen LogP contribution in [0.3, 0.4) is 0 Å². The summed E-state index contributed by atoms with van der Waals surface area (Å²) in [5, 5.41) is 19.0. The molecule has 0 spiro atoms. The van der Waals surface area contributed by atoms with E-state index >= 15 is 0 Å². The van der Waals surface area contributed by atoms with Crippen LogP contribution in [0.4, 0.5) is 0 Å². The maximum atomic E-state index is 12.0. The number of phenolic OH excluding ortho intramolecular Hbond substituents is 2. The van der Waals surface area contributed by atoms with E-state index in [0.29, 0.717) is 19.3 Å². The van der Waals surface area contributed by atoms with E-state index in [2.05, 4.69) is 0 Å². The molecule has 0 fully saturated rings. The molecule has 8 heteroatoms. The summed E-state index contributed by atoms with van der Waals surface area (Å²) in [6.45, 7) is 4.09. The number of hydrogen-bond acceptors (Lipinski definition) is 7. The normalized spacial score (nSPS) is 11.6. The second-order valence-electron chi connectivity index (χ2n) is 5.02. The molecule has 1 aromatic carbocycles. The molecule has 0 saturated carbocycles. The summed E-state index contributed by atoms with van der Waals surface area (Å²) < 4.78 is 27.2. The van der Waals surface area contributed by atoms with Gasteiger partial charge in [0.2, 0.25) is 0 Å². The Labute approximate surface area is 142 Å². The molecule has 0 aliphatic rings. The molecule has 0 aliphatic carbocycles. The van der Waals surface area contributed by atoms with Crippen molar-refractivity contribution >= 4 is 13.6 Å². The smallest absolute Gasteiger partial charge is 0.474 e. The first kappa shape index (κ1) is 20.6. The molecule has 1 aromatic rings. The molecule has 1 rings (SSSR count). The lowest BCUT2D eigenvalue weighted by atomic mass is 10.0. The highest BCUT2D eigenvalue weighted by molar-refractivity contribution is 7.48. The summed E-state index contributed by atoms with van der Waals surface area (Å²) in [4.78, 5) is 12.0. The lowest BCUT2D eigenvalue weighted by Gasteiger charge is -2.16. The van der Waals surface area contributed by atoms with Crippen molar-refractivity contribution in [1.82, 2.24) is 0 Å². The summed E-state index contributed by atoms with van der Waals surface area (Å²) in [5.74, 6) is -0.935. The van der Waals surface area contributed by atoms with Crippen molar-refractivity contribution in [2.45, 2.75) is 39.5 Å². The molecule has 0 heterocycles. The highest BCUT2D eigenvalue weighted by atomic mass is 31.2. The minimum absolute atomic E-state index is 0.114. The molecule has 0 atom stereocenters. The molecule has 0 aromatic heterocycles. The first-order valence-electron chi connectivity index (χ1n) is 8.01. The van der Waals surface area contributed by atoms with Crippen LogP contribution < -0.4 is 0 Å². The number of phenols is 2. The second kappa shape index (κ2) is 10.5. The third-order valence-corrected chi connectivity index (χ3v) is 4.83. The fraction of sp³-hybridized carbons (Fsp3) is 0.562. The number of rotatable bonds is 12. The molecule has 0 radical (unpaired) electrons. The van der Waals surface area contributed by atoms with Crippen LogP contribution in [0.2, 0.25) is 0 Å². The number of carbonyl (C=O) groups excluding carboxylic acids is 1. The van der Waals surface area contributed by atoms with Crippen LogP contribution in [0.15, 0.2) is 18.2 Å². The number of phosphoric ester groups is 1. The third kappa shape index (κ3) is 6.61. The van der Waals surface area contributed by atoms with Crippen molar-refractivity contribution < 1.29 is 33.1 Å². The predicted octanol–water partition coefficient (Wildman–Crippen LogP) is 4.04. The van der Waals surface area contributed by atoms with Crippen LogP contribution in [-0.4, -0.2) is 35.8 Å². The molecule has 0 aliphatic heterocycles. The first-order valence-corrected chi connectivity index (χ1v) is 9.47. The molecule has 136 valence electrons. The monoisotopic (exact) mass is 360 g/mol. The molecule has 0 bridgehead atoms. The van der Waals surface area contributed by atoms with Gasteiger partial charge in [-0.2, -0.15) is 0 Å². The van der Waals surface area contributed by atoms with Crippen molar-refractivity contribution in [1.29, 1.82) is 0 Å². The van der Waals surface area contributed by atoms with Gasteiger partial charge in [-0.05, 0) is 38.8 Å².